The van der Waals surface area contributed by atoms with Gasteiger partial charge in [-0.3, -0.25) is 4.90 Å². The highest BCUT2D eigenvalue weighted by Gasteiger charge is 2.31. The van der Waals surface area contributed by atoms with Gasteiger partial charge < -0.3 is 5.11 Å². The van der Waals surface area contributed by atoms with Crippen LogP contribution in [0, 0.1) is 19.3 Å². The molecular weight excluding hydrogens is 290 g/mol. The fraction of sp³-hybridized carbons (Fsp3) is 0.588. The van der Waals surface area contributed by atoms with Crippen molar-refractivity contribution in [1.82, 2.24) is 25.1 Å². The van der Waals surface area contributed by atoms with Gasteiger partial charge in [-0.15, -0.1) is 5.10 Å². The fourth-order valence-corrected chi connectivity index (χ4v) is 3.51. The van der Waals surface area contributed by atoms with Crippen LogP contribution in [0.3, 0.4) is 0 Å². The molecule has 3 rings (SSSR count). The number of aromatic nitrogens is 4. The molecule has 2 aromatic rings. The predicted octanol–water partition coefficient (Wildman–Crippen LogP) is 1.87. The Morgan fingerprint density at radius 1 is 1.26 bits per heavy atom. The summed E-state index contributed by atoms with van der Waals surface area (Å²) < 4.78 is 1.86. The van der Waals surface area contributed by atoms with Gasteiger partial charge in [0, 0.05) is 18.6 Å². The van der Waals surface area contributed by atoms with E-state index in [1.54, 1.807) is 0 Å². The Morgan fingerprint density at radius 3 is 2.70 bits per heavy atom. The molecule has 1 unspecified atom stereocenters. The van der Waals surface area contributed by atoms with Crippen LogP contribution in [-0.4, -0.2) is 49.9 Å². The molecule has 0 radical (unpaired) electrons. The number of piperidine rings is 1. The van der Waals surface area contributed by atoms with E-state index in [4.69, 9.17) is 0 Å². The molecule has 2 heterocycles. The Bertz CT molecular complexity index is 663. The van der Waals surface area contributed by atoms with E-state index < -0.39 is 0 Å². The first-order valence-corrected chi connectivity index (χ1v) is 8.19. The molecule has 0 amide bonds. The van der Waals surface area contributed by atoms with E-state index in [0.717, 1.165) is 48.6 Å². The standard InChI is InChI=1S/C17H25N5O/c1-13-6-4-7-14(2)16(13)22-15(18-19-20-22)10-21-9-5-8-17(3,11-21)12-23/h4,6-7,23H,5,8-12H2,1-3H3. The van der Waals surface area contributed by atoms with Crippen LogP contribution in [0.1, 0.15) is 36.7 Å². The van der Waals surface area contributed by atoms with Gasteiger partial charge in [0.15, 0.2) is 5.82 Å². The normalized spacial score (nSPS) is 22.4. The van der Waals surface area contributed by atoms with Crippen LogP contribution in [-0.2, 0) is 6.54 Å². The third kappa shape index (κ3) is 3.28. The summed E-state index contributed by atoms with van der Waals surface area (Å²) in [6, 6.07) is 6.21. The zero-order valence-corrected chi connectivity index (χ0v) is 14.2. The molecule has 1 atom stereocenters. The lowest BCUT2D eigenvalue weighted by Gasteiger charge is -2.39. The van der Waals surface area contributed by atoms with Crippen LogP contribution in [0.2, 0.25) is 0 Å². The molecule has 124 valence electrons. The number of para-hydroxylation sites is 1. The summed E-state index contributed by atoms with van der Waals surface area (Å²) in [6.07, 6.45) is 2.17. The van der Waals surface area contributed by atoms with Crippen molar-refractivity contribution in [2.24, 2.45) is 5.41 Å². The molecule has 6 nitrogen and oxygen atoms in total. The third-order valence-electron chi connectivity index (χ3n) is 4.79. The first kappa shape index (κ1) is 16.1. The van der Waals surface area contributed by atoms with Crippen molar-refractivity contribution in [2.75, 3.05) is 19.7 Å². The zero-order chi connectivity index (χ0) is 16.4. The van der Waals surface area contributed by atoms with Crippen molar-refractivity contribution >= 4 is 0 Å². The van der Waals surface area contributed by atoms with Crippen molar-refractivity contribution in [1.29, 1.82) is 0 Å². The molecular formula is C17H25N5O. The lowest BCUT2D eigenvalue weighted by Crippen LogP contribution is -2.43. The monoisotopic (exact) mass is 315 g/mol. The Hall–Kier alpha value is -1.79. The highest BCUT2D eigenvalue weighted by Crippen LogP contribution is 2.29. The quantitative estimate of drug-likeness (QED) is 0.933. The van der Waals surface area contributed by atoms with Gasteiger partial charge in [0.1, 0.15) is 0 Å². The summed E-state index contributed by atoms with van der Waals surface area (Å²) in [7, 11) is 0. The largest absolute Gasteiger partial charge is 0.396 e. The van der Waals surface area contributed by atoms with E-state index in [0.29, 0.717) is 6.54 Å². The molecule has 1 fully saturated rings. The van der Waals surface area contributed by atoms with Crippen molar-refractivity contribution in [3.05, 3.63) is 35.2 Å². The highest BCUT2D eigenvalue weighted by molar-refractivity contribution is 5.46. The van der Waals surface area contributed by atoms with Gasteiger partial charge in [0.25, 0.3) is 0 Å². The average Bonchev–Trinajstić information content (AvgIpc) is 2.95. The van der Waals surface area contributed by atoms with Gasteiger partial charge >= 0.3 is 0 Å². The van der Waals surface area contributed by atoms with E-state index in [-0.39, 0.29) is 12.0 Å². The summed E-state index contributed by atoms with van der Waals surface area (Å²) in [5.74, 6) is 0.851. The molecule has 1 aliphatic heterocycles. The summed E-state index contributed by atoms with van der Waals surface area (Å²) in [5, 5.41) is 22.0. The number of aliphatic hydroxyl groups excluding tert-OH is 1. The van der Waals surface area contributed by atoms with E-state index in [1.165, 1.54) is 0 Å². The van der Waals surface area contributed by atoms with Crippen molar-refractivity contribution in [3.63, 3.8) is 0 Å². The number of hydrogen-bond acceptors (Lipinski definition) is 5. The number of likely N-dealkylation sites (tertiary alicyclic amines) is 1. The molecule has 0 saturated carbocycles. The first-order chi connectivity index (χ1) is 11.0. The second-order valence-electron chi connectivity index (χ2n) is 7.03. The molecule has 1 saturated heterocycles. The van der Waals surface area contributed by atoms with Crippen LogP contribution < -0.4 is 0 Å². The number of hydrogen-bond donors (Lipinski definition) is 1. The summed E-state index contributed by atoms with van der Waals surface area (Å²) in [5.41, 5.74) is 3.37. The van der Waals surface area contributed by atoms with Crippen LogP contribution >= 0.6 is 0 Å². The number of aliphatic hydroxyl groups is 1. The molecule has 0 spiro atoms. The molecule has 6 heteroatoms. The molecule has 1 aromatic carbocycles. The van der Waals surface area contributed by atoms with Crippen LogP contribution in [0.15, 0.2) is 18.2 Å². The Morgan fingerprint density at radius 2 is 2.00 bits per heavy atom. The summed E-state index contributed by atoms with van der Waals surface area (Å²) in [4.78, 5) is 2.34. The van der Waals surface area contributed by atoms with Crippen LogP contribution in [0.4, 0.5) is 0 Å². The number of aryl methyl sites for hydroxylation is 2. The van der Waals surface area contributed by atoms with Crippen LogP contribution in [0.25, 0.3) is 5.69 Å². The smallest absolute Gasteiger partial charge is 0.170 e. The van der Waals surface area contributed by atoms with Gasteiger partial charge in [-0.05, 0) is 54.8 Å². The Kier molecular flexibility index (Phi) is 4.46. The highest BCUT2D eigenvalue weighted by atomic mass is 16.3. The van der Waals surface area contributed by atoms with E-state index in [2.05, 4.69) is 59.4 Å². The Balaban J connectivity index is 1.85. The maximum atomic E-state index is 9.63. The minimum atomic E-state index is -0.0187. The summed E-state index contributed by atoms with van der Waals surface area (Å²) >= 11 is 0. The van der Waals surface area contributed by atoms with Gasteiger partial charge in [-0.1, -0.05) is 25.1 Å². The van der Waals surface area contributed by atoms with Gasteiger partial charge in [-0.2, -0.15) is 4.68 Å². The molecule has 0 aliphatic carbocycles. The minimum Gasteiger partial charge on any atom is -0.396 e. The van der Waals surface area contributed by atoms with E-state index in [9.17, 15) is 5.11 Å². The van der Waals surface area contributed by atoms with Crippen molar-refractivity contribution < 1.29 is 5.11 Å². The fourth-order valence-electron chi connectivity index (χ4n) is 3.51. The number of benzene rings is 1. The Labute approximate surface area is 137 Å². The average molecular weight is 315 g/mol. The maximum absolute atomic E-state index is 9.63. The lowest BCUT2D eigenvalue weighted by atomic mass is 9.83. The number of tetrazole rings is 1. The lowest BCUT2D eigenvalue weighted by molar-refractivity contribution is 0.0414. The maximum Gasteiger partial charge on any atom is 0.170 e. The first-order valence-electron chi connectivity index (χ1n) is 8.19. The molecule has 0 bridgehead atoms. The minimum absolute atomic E-state index is 0.0187. The molecule has 23 heavy (non-hydrogen) atoms. The summed E-state index contributed by atoms with van der Waals surface area (Å²) in [6.45, 7) is 9.14. The van der Waals surface area contributed by atoms with Crippen molar-refractivity contribution in [2.45, 2.75) is 40.2 Å². The van der Waals surface area contributed by atoms with Crippen molar-refractivity contribution in [3.8, 4) is 5.69 Å². The van der Waals surface area contributed by atoms with Crippen LogP contribution in [0.5, 0.6) is 0 Å². The number of rotatable bonds is 4. The SMILES string of the molecule is Cc1cccc(C)c1-n1nnnc1CN1CCCC(C)(CO)C1. The molecule has 1 aliphatic rings. The topological polar surface area (TPSA) is 67.1 Å². The zero-order valence-electron chi connectivity index (χ0n) is 14.2. The van der Waals surface area contributed by atoms with Gasteiger partial charge in [0.05, 0.1) is 12.2 Å². The van der Waals surface area contributed by atoms with E-state index >= 15 is 0 Å². The predicted molar refractivity (Wildman–Crippen MR) is 88.3 cm³/mol. The third-order valence-corrected chi connectivity index (χ3v) is 4.79. The molecule has 1 N–H and O–H groups in total. The second-order valence-corrected chi connectivity index (χ2v) is 7.03. The van der Waals surface area contributed by atoms with Gasteiger partial charge in [-0.25, -0.2) is 0 Å². The number of nitrogens with zero attached hydrogens (tertiary/aromatic N) is 5. The van der Waals surface area contributed by atoms with Gasteiger partial charge in [0.2, 0.25) is 0 Å². The van der Waals surface area contributed by atoms with E-state index in [1.807, 2.05) is 4.68 Å². The molecule has 1 aromatic heterocycles. The second kappa shape index (κ2) is 6.37.